The highest BCUT2D eigenvalue weighted by molar-refractivity contribution is 5.74. The smallest absolute Gasteiger partial charge is 0.315 e. The molecule has 6 heteroatoms. The fourth-order valence-electron chi connectivity index (χ4n) is 2.63. The summed E-state index contributed by atoms with van der Waals surface area (Å²) >= 11 is 0. The van der Waals surface area contributed by atoms with Crippen molar-refractivity contribution in [3.8, 4) is 0 Å². The molecule has 136 valence electrons. The molecule has 0 aliphatic carbocycles. The van der Waals surface area contributed by atoms with E-state index in [0.717, 1.165) is 22.5 Å². The summed E-state index contributed by atoms with van der Waals surface area (Å²) in [5.74, 6) is 0. The first-order chi connectivity index (χ1) is 11.8. The van der Waals surface area contributed by atoms with Crippen molar-refractivity contribution in [1.29, 1.82) is 0 Å². The Morgan fingerprint density at radius 2 is 1.92 bits per heavy atom. The van der Waals surface area contributed by atoms with Crippen LogP contribution in [0.3, 0.4) is 0 Å². The highest BCUT2D eigenvalue weighted by Gasteiger charge is 2.21. The van der Waals surface area contributed by atoms with Crippen LogP contribution in [0.4, 0.5) is 4.79 Å². The molecule has 25 heavy (non-hydrogen) atoms. The van der Waals surface area contributed by atoms with Gasteiger partial charge in [-0.2, -0.15) is 5.10 Å². The predicted octanol–water partition coefficient (Wildman–Crippen LogP) is 2.83. The van der Waals surface area contributed by atoms with Gasteiger partial charge in [0.25, 0.3) is 0 Å². The molecule has 0 saturated heterocycles. The molecule has 2 rings (SSSR count). The zero-order valence-corrected chi connectivity index (χ0v) is 15.7. The van der Waals surface area contributed by atoms with Crippen LogP contribution in [0.2, 0.25) is 0 Å². The SMILES string of the molecule is Cc1nn(C)c(C)c1CNC(=O)NC(C)(C)COCc1ccccc1. The molecule has 6 nitrogen and oxygen atoms in total. The average Bonchev–Trinajstić information content (AvgIpc) is 2.78. The van der Waals surface area contributed by atoms with Crippen molar-refractivity contribution in [1.82, 2.24) is 20.4 Å². The molecule has 1 aromatic carbocycles. The van der Waals surface area contributed by atoms with Gasteiger partial charge in [-0.3, -0.25) is 4.68 Å². The van der Waals surface area contributed by atoms with Crippen LogP contribution < -0.4 is 10.6 Å². The fraction of sp³-hybridized carbons (Fsp3) is 0.474. The number of carbonyl (C=O) groups excluding carboxylic acids is 1. The van der Waals surface area contributed by atoms with Crippen LogP contribution in [0.5, 0.6) is 0 Å². The van der Waals surface area contributed by atoms with Gasteiger partial charge in [0.1, 0.15) is 0 Å². The molecular weight excluding hydrogens is 316 g/mol. The molecule has 1 aromatic heterocycles. The topological polar surface area (TPSA) is 68.2 Å². The molecule has 0 aliphatic heterocycles. The number of nitrogens with zero attached hydrogens (tertiary/aromatic N) is 2. The Hall–Kier alpha value is -2.34. The zero-order chi connectivity index (χ0) is 18.4. The van der Waals surface area contributed by atoms with Crippen molar-refractivity contribution < 1.29 is 9.53 Å². The Kier molecular flexibility index (Phi) is 6.20. The number of carbonyl (C=O) groups is 1. The number of aryl methyl sites for hydroxylation is 2. The van der Waals surface area contributed by atoms with Crippen LogP contribution in [-0.4, -0.2) is 28.0 Å². The lowest BCUT2D eigenvalue weighted by Gasteiger charge is -2.26. The standard InChI is InChI=1S/C19H28N4O2/c1-14-17(15(2)23(5)22-14)11-20-18(24)21-19(3,4)13-25-12-16-9-7-6-8-10-16/h6-10H,11-13H2,1-5H3,(H2,20,21,24). The second-order valence-corrected chi connectivity index (χ2v) is 6.94. The summed E-state index contributed by atoms with van der Waals surface area (Å²) in [5.41, 5.74) is 3.70. The van der Waals surface area contributed by atoms with E-state index in [1.54, 1.807) is 0 Å². The molecule has 1 heterocycles. The lowest BCUT2D eigenvalue weighted by molar-refractivity contribution is 0.0743. The molecule has 2 aromatic rings. The maximum absolute atomic E-state index is 12.2. The first kappa shape index (κ1) is 19.0. The van der Waals surface area contributed by atoms with E-state index in [0.29, 0.717) is 19.8 Å². The minimum absolute atomic E-state index is 0.212. The minimum Gasteiger partial charge on any atom is -0.374 e. The number of nitrogens with one attached hydrogen (secondary N) is 2. The fourth-order valence-corrected chi connectivity index (χ4v) is 2.63. The molecule has 0 bridgehead atoms. The first-order valence-corrected chi connectivity index (χ1v) is 8.45. The molecule has 0 saturated carbocycles. The molecule has 2 amide bonds. The third kappa shape index (κ3) is 5.60. The number of benzene rings is 1. The van der Waals surface area contributed by atoms with Gasteiger partial charge in [-0.25, -0.2) is 4.79 Å². The Morgan fingerprint density at radius 1 is 1.24 bits per heavy atom. The molecule has 0 fully saturated rings. The van der Waals surface area contributed by atoms with E-state index in [-0.39, 0.29) is 6.03 Å². The molecule has 0 spiro atoms. The van der Waals surface area contributed by atoms with Crippen LogP contribution in [0.1, 0.15) is 36.4 Å². The van der Waals surface area contributed by atoms with Gasteiger partial charge in [0.2, 0.25) is 0 Å². The summed E-state index contributed by atoms with van der Waals surface area (Å²) in [7, 11) is 1.90. The maximum atomic E-state index is 12.2. The second kappa shape index (κ2) is 8.16. The normalized spacial score (nSPS) is 11.4. The Labute approximate surface area is 149 Å². The highest BCUT2D eigenvalue weighted by Crippen LogP contribution is 2.11. The van der Waals surface area contributed by atoms with Crippen LogP contribution in [0.15, 0.2) is 30.3 Å². The summed E-state index contributed by atoms with van der Waals surface area (Å²) in [5, 5.41) is 10.2. The van der Waals surface area contributed by atoms with Gasteiger partial charge < -0.3 is 15.4 Å². The van der Waals surface area contributed by atoms with Crippen LogP contribution >= 0.6 is 0 Å². The quantitative estimate of drug-likeness (QED) is 0.811. The molecule has 0 atom stereocenters. The van der Waals surface area contributed by atoms with E-state index in [4.69, 9.17) is 4.74 Å². The van der Waals surface area contributed by atoms with Crippen LogP contribution in [0, 0.1) is 13.8 Å². The Balaban J connectivity index is 1.78. The third-order valence-corrected chi connectivity index (χ3v) is 4.11. The van der Waals surface area contributed by atoms with Crippen molar-refractivity contribution in [2.75, 3.05) is 6.61 Å². The van der Waals surface area contributed by atoms with Crippen LogP contribution in [-0.2, 0) is 24.9 Å². The van der Waals surface area contributed by atoms with Gasteiger partial charge in [0.15, 0.2) is 0 Å². The molecule has 2 N–H and O–H groups in total. The van der Waals surface area contributed by atoms with E-state index in [9.17, 15) is 4.79 Å². The summed E-state index contributed by atoms with van der Waals surface area (Å²) in [6, 6.07) is 9.77. The Bertz CT molecular complexity index is 708. The van der Waals surface area contributed by atoms with E-state index in [1.807, 2.05) is 69.8 Å². The summed E-state index contributed by atoms with van der Waals surface area (Å²) in [6.07, 6.45) is 0. The molecule has 0 aliphatic rings. The summed E-state index contributed by atoms with van der Waals surface area (Å²) in [6.45, 7) is 9.25. The van der Waals surface area contributed by atoms with Crippen molar-refractivity contribution in [2.24, 2.45) is 7.05 Å². The minimum atomic E-state index is -0.460. The summed E-state index contributed by atoms with van der Waals surface area (Å²) in [4.78, 5) is 12.2. The lowest BCUT2D eigenvalue weighted by atomic mass is 10.1. The van der Waals surface area contributed by atoms with Gasteiger partial charge >= 0.3 is 6.03 Å². The number of ether oxygens (including phenoxy) is 1. The third-order valence-electron chi connectivity index (χ3n) is 4.11. The van der Waals surface area contributed by atoms with Crippen molar-refractivity contribution in [3.63, 3.8) is 0 Å². The van der Waals surface area contributed by atoms with Gasteiger partial charge in [-0.1, -0.05) is 30.3 Å². The summed E-state index contributed by atoms with van der Waals surface area (Å²) < 4.78 is 7.56. The Morgan fingerprint density at radius 3 is 2.52 bits per heavy atom. The second-order valence-electron chi connectivity index (χ2n) is 6.94. The van der Waals surface area contributed by atoms with E-state index < -0.39 is 5.54 Å². The van der Waals surface area contributed by atoms with Crippen LogP contribution in [0.25, 0.3) is 0 Å². The van der Waals surface area contributed by atoms with Crippen molar-refractivity contribution in [2.45, 2.75) is 46.4 Å². The van der Waals surface area contributed by atoms with Gasteiger partial charge in [0.05, 0.1) is 24.4 Å². The van der Waals surface area contributed by atoms with Crippen molar-refractivity contribution in [3.05, 3.63) is 52.8 Å². The monoisotopic (exact) mass is 344 g/mol. The zero-order valence-electron chi connectivity index (χ0n) is 15.7. The number of rotatable bonds is 7. The van der Waals surface area contributed by atoms with Gasteiger partial charge in [-0.15, -0.1) is 0 Å². The van der Waals surface area contributed by atoms with Gasteiger partial charge in [-0.05, 0) is 33.3 Å². The van der Waals surface area contributed by atoms with Crippen molar-refractivity contribution >= 4 is 6.03 Å². The van der Waals surface area contributed by atoms with E-state index in [1.165, 1.54) is 0 Å². The highest BCUT2D eigenvalue weighted by atomic mass is 16.5. The molecule has 0 unspecified atom stereocenters. The van der Waals surface area contributed by atoms with E-state index >= 15 is 0 Å². The maximum Gasteiger partial charge on any atom is 0.315 e. The average molecular weight is 344 g/mol. The predicted molar refractivity (Wildman–Crippen MR) is 98.2 cm³/mol. The molecular formula is C19H28N4O2. The number of urea groups is 1. The number of amides is 2. The largest absolute Gasteiger partial charge is 0.374 e. The number of hydrogen-bond donors (Lipinski definition) is 2. The molecule has 0 radical (unpaired) electrons. The number of hydrogen-bond acceptors (Lipinski definition) is 3. The lowest BCUT2D eigenvalue weighted by Crippen LogP contribution is -2.50. The number of aromatic nitrogens is 2. The first-order valence-electron chi connectivity index (χ1n) is 8.45. The van der Waals surface area contributed by atoms with Gasteiger partial charge in [0, 0.05) is 24.8 Å². The van der Waals surface area contributed by atoms with E-state index in [2.05, 4.69) is 15.7 Å².